The quantitative estimate of drug-likeness (QED) is 0.143. The van der Waals surface area contributed by atoms with Crippen LogP contribution in [0.5, 0.6) is 0 Å². The highest BCUT2D eigenvalue weighted by molar-refractivity contribution is 5.85. The summed E-state index contributed by atoms with van der Waals surface area (Å²) in [7, 11) is 4.47. The fraction of sp³-hybridized carbons (Fsp3) is 0.319. The number of aryl methyl sites for hydroxylation is 2. The normalized spacial score (nSPS) is 12.1. The second-order valence-electron chi connectivity index (χ2n) is 15.6. The number of rotatable bonds is 8. The molecule has 0 radical (unpaired) electrons. The summed E-state index contributed by atoms with van der Waals surface area (Å²) in [5.41, 5.74) is 16.7. The highest BCUT2D eigenvalue weighted by Gasteiger charge is 2.35. The van der Waals surface area contributed by atoms with Crippen LogP contribution in [0.1, 0.15) is 107 Å². The molecule has 0 aliphatic carbocycles. The molecule has 5 aromatic carbocycles. The molecule has 0 aliphatic heterocycles. The first-order chi connectivity index (χ1) is 24.4. The summed E-state index contributed by atoms with van der Waals surface area (Å²) in [6.07, 6.45) is 0. The van der Waals surface area contributed by atoms with Crippen molar-refractivity contribution in [2.45, 2.75) is 86.0 Å². The number of aromatic nitrogens is 4. The maximum Gasteiger partial charge on any atom is 0.295 e. The lowest BCUT2D eigenvalue weighted by Crippen LogP contribution is -2.32. The van der Waals surface area contributed by atoms with E-state index in [2.05, 4.69) is 198 Å². The highest BCUT2D eigenvalue weighted by atomic mass is 15.2. The van der Waals surface area contributed by atoms with E-state index in [9.17, 15) is 0 Å². The standard InChI is InChI=1S/C47H54N4/c1-29(2)34-19-16-20-35(30(3)4)44(34)50-42-27-14-12-25-40(42)48(10)46(50)38-23-18-24-39(33(38)9)47-49(11)41-26-13-15-28-43(41)51(47)45-36(31(5)6)21-17-22-37(45)32(7)8/h12-32H,1-11H3/q+2. The van der Waals surface area contributed by atoms with Crippen molar-refractivity contribution < 1.29 is 9.13 Å². The van der Waals surface area contributed by atoms with Crippen molar-refractivity contribution in [3.63, 3.8) is 0 Å². The van der Waals surface area contributed by atoms with Crippen LogP contribution in [-0.2, 0) is 14.1 Å². The topological polar surface area (TPSA) is 17.6 Å². The van der Waals surface area contributed by atoms with Crippen LogP contribution in [0.25, 0.3) is 56.2 Å². The average molecular weight is 675 g/mol. The van der Waals surface area contributed by atoms with Crippen molar-refractivity contribution in [2.75, 3.05) is 0 Å². The number of nitrogens with zero attached hydrogens (tertiary/aromatic N) is 4. The molecule has 2 aromatic heterocycles. The summed E-state index contributed by atoms with van der Waals surface area (Å²) in [5, 5.41) is 0. The van der Waals surface area contributed by atoms with Gasteiger partial charge in [-0.3, -0.25) is 0 Å². The zero-order valence-electron chi connectivity index (χ0n) is 32.4. The van der Waals surface area contributed by atoms with Crippen LogP contribution >= 0.6 is 0 Å². The minimum absolute atomic E-state index is 0.372. The average Bonchev–Trinajstić information content (AvgIpc) is 3.57. The Kier molecular flexibility index (Phi) is 8.99. The number of fused-ring (bicyclic) bond motifs is 2. The molecule has 51 heavy (non-hydrogen) atoms. The van der Waals surface area contributed by atoms with Crippen molar-refractivity contribution >= 4 is 22.1 Å². The van der Waals surface area contributed by atoms with Gasteiger partial charge in [-0.05, 0) is 72.6 Å². The monoisotopic (exact) mass is 674 g/mol. The summed E-state index contributed by atoms with van der Waals surface area (Å²) < 4.78 is 9.94. The summed E-state index contributed by atoms with van der Waals surface area (Å²) in [6, 6.07) is 38.5. The molecular formula is C47H54N4+2. The van der Waals surface area contributed by atoms with Gasteiger partial charge < -0.3 is 0 Å². The van der Waals surface area contributed by atoms with Crippen LogP contribution in [0.4, 0.5) is 0 Å². The van der Waals surface area contributed by atoms with Crippen LogP contribution in [0, 0.1) is 6.92 Å². The van der Waals surface area contributed by atoms with Gasteiger partial charge in [0.2, 0.25) is 0 Å². The molecule has 0 bridgehead atoms. The van der Waals surface area contributed by atoms with Crippen molar-refractivity contribution in [2.24, 2.45) is 14.1 Å². The van der Waals surface area contributed by atoms with Crippen LogP contribution in [0.3, 0.4) is 0 Å². The van der Waals surface area contributed by atoms with E-state index < -0.39 is 0 Å². The second-order valence-corrected chi connectivity index (χ2v) is 15.6. The molecule has 4 nitrogen and oxygen atoms in total. The summed E-state index contributed by atoms with van der Waals surface area (Å²) in [6.45, 7) is 20.9. The van der Waals surface area contributed by atoms with E-state index in [0.717, 1.165) is 0 Å². The molecule has 4 heteroatoms. The van der Waals surface area contributed by atoms with Crippen molar-refractivity contribution in [3.05, 3.63) is 131 Å². The Morgan fingerprint density at radius 3 is 1.06 bits per heavy atom. The molecule has 0 atom stereocenters. The second kappa shape index (κ2) is 13.3. The molecule has 260 valence electrons. The van der Waals surface area contributed by atoms with Crippen LogP contribution in [0.15, 0.2) is 103 Å². The van der Waals surface area contributed by atoms with E-state index in [-0.39, 0.29) is 0 Å². The zero-order chi connectivity index (χ0) is 36.3. The Labute approximate surface area is 304 Å². The Hall–Kier alpha value is -4.96. The molecule has 0 aliphatic rings. The van der Waals surface area contributed by atoms with E-state index in [4.69, 9.17) is 0 Å². The molecule has 2 heterocycles. The van der Waals surface area contributed by atoms with E-state index in [1.54, 1.807) is 0 Å². The fourth-order valence-electron chi connectivity index (χ4n) is 8.35. The molecule has 0 fully saturated rings. The lowest BCUT2D eigenvalue weighted by molar-refractivity contribution is -0.634. The summed E-state index contributed by atoms with van der Waals surface area (Å²) in [4.78, 5) is 0. The molecule has 0 N–H and O–H groups in total. The first-order valence-corrected chi connectivity index (χ1v) is 18.8. The smallest absolute Gasteiger partial charge is 0.225 e. The number of hydrogen-bond acceptors (Lipinski definition) is 0. The van der Waals surface area contributed by atoms with E-state index in [0.29, 0.717) is 23.7 Å². The lowest BCUT2D eigenvalue weighted by atomic mass is 9.91. The molecule has 7 rings (SSSR count). The van der Waals surface area contributed by atoms with E-state index in [1.165, 1.54) is 84.0 Å². The van der Waals surface area contributed by atoms with Gasteiger partial charge in [-0.2, -0.15) is 9.13 Å². The predicted molar refractivity (Wildman–Crippen MR) is 214 cm³/mol. The first kappa shape index (κ1) is 34.5. The third-order valence-electron chi connectivity index (χ3n) is 11.0. The fourth-order valence-corrected chi connectivity index (χ4v) is 8.35. The number of hydrogen-bond donors (Lipinski definition) is 0. The van der Waals surface area contributed by atoms with Gasteiger partial charge in [0, 0.05) is 22.3 Å². The molecule has 7 aromatic rings. The van der Waals surface area contributed by atoms with E-state index >= 15 is 0 Å². The largest absolute Gasteiger partial charge is 0.295 e. The molecule has 0 saturated heterocycles. The Morgan fingerprint density at radius 2 is 0.725 bits per heavy atom. The summed E-state index contributed by atoms with van der Waals surface area (Å²) >= 11 is 0. The van der Waals surface area contributed by atoms with Crippen molar-refractivity contribution in [3.8, 4) is 34.2 Å². The lowest BCUT2D eigenvalue weighted by Gasteiger charge is -2.19. The number of benzene rings is 5. The maximum atomic E-state index is 2.56. The Balaban J connectivity index is 1.61. The highest BCUT2D eigenvalue weighted by Crippen LogP contribution is 2.41. The van der Waals surface area contributed by atoms with Crippen molar-refractivity contribution in [1.82, 2.24) is 9.13 Å². The Bertz CT molecular complexity index is 2200. The van der Waals surface area contributed by atoms with E-state index in [1.807, 2.05) is 0 Å². The van der Waals surface area contributed by atoms with Gasteiger partial charge in [0.05, 0.1) is 25.2 Å². The van der Waals surface area contributed by atoms with Gasteiger partial charge in [0.15, 0.2) is 22.1 Å². The van der Waals surface area contributed by atoms with Gasteiger partial charge in [0.1, 0.15) is 11.4 Å². The SMILES string of the molecule is Cc1c(-c2n(-c3c(C(C)C)cccc3C(C)C)c3ccccc3[n+]2C)cccc1-c1n(-c2c(C(C)C)cccc2C(C)C)c2ccccc2[n+]1C. The zero-order valence-corrected chi connectivity index (χ0v) is 32.4. The molecule has 0 unspecified atom stereocenters. The predicted octanol–water partition coefficient (Wildman–Crippen LogP) is 11.4. The number of imidazole rings is 2. The van der Waals surface area contributed by atoms with Gasteiger partial charge in [-0.1, -0.05) is 122 Å². The van der Waals surface area contributed by atoms with Gasteiger partial charge >= 0.3 is 0 Å². The van der Waals surface area contributed by atoms with Gasteiger partial charge in [-0.15, -0.1) is 0 Å². The molecule has 0 saturated carbocycles. The third kappa shape index (κ3) is 5.51. The first-order valence-electron chi connectivity index (χ1n) is 18.8. The van der Waals surface area contributed by atoms with Gasteiger partial charge in [-0.25, -0.2) is 9.13 Å². The molecular weight excluding hydrogens is 621 g/mol. The van der Waals surface area contributed by atoms with Crippen LogP contribution in [0.2, 0.25) is 0 Å². The van der Waals surface area contributed by atoms with Crippen LogP contribution in [-0.4, -0.2) is 9.13 Å². The minimum Gasteiger partial charge on any atom is -0.225 e. The van der Waals surface area contributed by atoms with Crippen LogP contribution < -0.4 is 9.13 Å². The van der Waals surface area contributed by atoms with Crippen molar-refractivity contribution in [1.29, 1.82) is 0 Å². The Morgan fingerprint density at radius 1 is 0.412 bits per heavy atom. The number of para-hydroxylation sites is 6. The maximum absolute atomic E-state index is 2.56. The summed E-state index contributed by atoms with van der Waals surface area (Å²) in [5.74, 6) is 3.88. The minimum atomic E-state index is 0.372. The molecule has 0 spiro atoms. The molecule has 0 amide bonds. The van der Waals surface area contributed by atoms with Gasteiger partial charge in [0.25, 0.3) is 11.6 Å². The third-order valence-corrected chi connectivity index (χ3v) is 11.0.